The largest absolute Gasteiger partial charge is 0.354 e. The summed E-state index contributed by atoms with van der Waals surface area (Å²) in [6.07, 6.45) is 2.58. The van der Waals surface area contributed by atoms with Gasteiger partial charge in [0.2, 0.25) is 5.91 Å². The lowest BCUT2D eigenvalue weighted by Gasteiger charge is -2.12. The number of nitrogens with one attached hydrogen (secondary N) is 1. The van der Waals surface area contributed by atoms with Gasteiger partial charge in [0.25, 0.3) is 0 Å². The zero-order valence-electron chi connectivity index (χ0n) is 9.49. The Balaban J connectivity index is 2.28. The van der Waals surface area contributed by atoms with Gasteiger partial charge in [0.1, 0.15) is 0 Å². The molecular formula is C13H19NO. The van der Waals surface area contributed by atoms with Crippen LogP contribution in [0.5, 0.6) is 0 Å². The van der Waals surface area contributed by atoms with E-state index < -0.39 is 0 Å². The summed E-state index contributed by atoms with van der Waals surface area (Å²) >= 11 is 0. The summed E-state index contributed by atoms with van der Waals surface area (Å²) in [7, 11) is 0. The Morgan fingerprint density at radius 2 is 2.00 bits per heavy atom. The quantitative estimate of drug-likeness (QED) is 0.786. The van der Waals surface area contributed by atoms with Crippen LogP contribution >= 0.6 is 0 Å². The fourth-order valence-electron chi connectivity index (χ4n) is 1.48. The molecule has 1 N–H and O–H groups in total. The van der Waals surface area contributed by atoms with Crippen molar-refractivity contribution in [1.29, 1.82) is 0 Å². The molecule has 1 amide bonds. The molecule has 1 rings (SSSR count). The second kappa shape index (κ2) is 6.23. The van der Waals surface area contributed by atoms with Crippen molar-refractivity contribution in [2.75, 3.05) is 0 Å². The van der Waals surface area contributed by atoms with Crippen LogP contribution in [0.2, 0.25) is 0 Å². The van der Waals surface area contributed by atoms with Crippen molar-refractivity contribution in [2.45, 2.75) is 39.2 Å². The summed E-state index contributed by atoms with van der Waals surface area (Å²) < 4.78 is 0. The van der Waals surface area contributed by atoms with E-state index in [4.69, 9.17) is 0 Å². The maximum atomic E-state index is 11.1. The van der Waals surface area contributed by atoms with Crippen molar-refractivity contribution in [1.82, 2.24) is 5.32 Å². The molecule has 2 heteroatoms. The number of hydrogen-bond acceptors (Lipinski definition) is 1. The van der Waals surface area contributed by atoms with Crippen LogP contribution in [-0.4, -0.2) is 11.9 Å². The smallest absolute Gasteiger partial charge is 0.219 e. The first-order valence-corrected chi connectivity index (χ1v) is 5.55. The number of carbonyl (C=O) groups excluding carboxylic acids is 1. The van der Waals surface area contributed by atoms with E-state index in [1.54, 1.807) is 0 Å². The molecule has 0 aliphatic heterocycles. The van der Waals surface area contributed by atoms with E-state index in [2.05, 4.69) is 24.4 Å². The van der Waals surface area contributed by atoms with Gasteiger partial charge < -0.3 is 5.32 Å². The fraction of sp³-hybridized carbons (Fsp3) is 0.462. The van der Waals surface area contributed by atoms with Gasteiger partial charge in [0.15, 0.2) is 0 Å². The molecule has 2 nitrogen and oxygen atoms in total. The first-order chi connectivity index (χ1) is 7.22. The molecule has 0 unspecified atom stereocenters. The van der Waals surface area contributed by atoms with Crippen molar-refractivity contribution in [2.24, 2.45) is 0 Å². The van der Waals surface area contributed by atoms with Crippen LogP contribution in [-0.2, 0) is 11.2 Å². The highest BCUT2D eigenvalue weighted by molar-refractivity contribution is 5.75. The molecule has 0 radical (unpaired) electrons. The summed E-state index contributed by atoms with van der Waals surface area (Å²) in [6.45, 7) is 3.93. The minimum absolute atomic E-state index is 0.135. The van der Waals surface area contributed by atoms with Gasteiger partial charge in [-0.05, 0) is 25.3 Å². The monoisotopic (exact) mass is 205 g/mol. The molecule has 0 aliphatic carbocycles. The zero-order chi connectivity index (χ0) is 11.1. The van der Waals surface area contributed by atoms with Crippen molar-refractivity contribution >= 4 is 5.91 Å². The molecular weight excluding hydrogens is 186 g/mol. The third kappa shape index (κ3) is 4.63. The Kier molecular flexibility index (Phi) is 4.88. The predicted molar refractivity (Wildman–Crippen MR) is 62.7 cm³/mol. The molecule has 1 aromatic rings. The van der Waals surface area contributed by atoms with Crippen LogP contribution in [0.4, 0.5) is 0 Å². The van der Waals surface area contributed by atoms with Gasteiger partial charge in [-0.2, -0.15) is 0 Å². The number of benzene rings is 1. The lowest BCUT2D eigenvalue weighted by molar-refractivity contribution is -0.121. The van der Waals surface area contributed by atoms with E-state index in [1.165, 1.54) is 5.56 Å². The van der Waals surface area contributed by atoms with Crippen molar-refractivity contribution in [3.63, 3.8) is 0 Å². The lowest BCUT2D eigenvalue weighted by atomic mass is 10.1. The number of amides is 1. The first-order valence-electron chi connectivity index (χ1n) is 5.55. The Bertz CT molecular complexity index is 295. The molecule has 0 saturated carbocycles. The highest BCUT2D eigenvalue weighted by Gasteiger charge is 2.04. The van der Waals surface area contributed by atoms with Crippen molar-refractivity contribution in [3.05, 3.63) is 35.9 Å². The standard InChI is InChI=1S/C13H19NO/c1-3-13(15)14-11(2)9-10-12-7-5-4-6-8-12/h4-8,11H,3,9-10H2,1-2H3,(H,14,15)/t11-/m1/s1. The molecule has 0 saturated heterocycles. The van der Waals surface area contributed by atoms with E-state index in [1.807, 2.05) is 25.1 Å². The third-order valence-corrected chi connectivity index (χ3v) is 2.44. The second-order valence-corrected chi connectivity index (χ2v) is 3.85. The van der Waals surface area contributed by atoms with Crippen LogP contribution in [0, 0.1) is 0 Å². The molecule has 0 aliphatic rings. The van der Waals surface area contributed by atoms with Crippen LogP contribution < -0.4 is 5.32 Å². The minimum atomic E-state index is 0.135. The van der Waals surface area contributed by atoms with Gasteiger partial charge in [-0.3, -0.25) is 4.79 Å². The summed E-state index contributed by atoms with van der Waals surface area (Å²) in [6, 6.07) is 10.6. The molecule has 0 spiro atoms. The second-order valence-electron chi connectivity index (χ2n) is 3.85. The normalized spacial score (nSPS) is 12.1. The molecule has 82 valence electrons. The predicted octanol–water partition coefficient (Wildman–Crippen LogP) is 2.53. The van der Waals surface area contributed by atoms with Gasteiger partial charge in [0.05, 0.1) is 0 Å². The molecule has 0 heterocycles. The Hall–Kier alpha value is -1.31. The van der Waals surface area contributed by atoms with Gasteiger partial charge in [-0.1, -0.05) is 37.3 Å². The van der Waals surface area contributed by atoms with E-state index in [0.29, 0.717) is 6.42 Å². The number of carbonyl (C=O) groups is 1. The van der Waals surface area contributed by atoms with E-state index in [9.17, 15) is 4.79 Å². The van der Waals surface area contributed by atoms with Crippen molar-refractivity contribution in [3.8, 4) is 0 Å². The van der Waals surface area contributed by atoms with Crippen molar-refractivity contribution < 1.29 is 4.79 Å². The number of hydrogen-bond donors (Lipinski definition) is 1. The third-order valence-electron chi connectivity index (χ3n) is 2.44. The molecule has 0 bridgehead atoms. The SMILES string of the molecule is CCC(=O)N[C@H](C)CCc1ccccc1. The van der Waals surface area contributed by atoms with Crippen LogP contribution in [0.1, 0.15) is 32.3 Å². The lowest BCUT2D eigenvalue weighted by Crippen LogP contribution is -2.32. The molecule has 1 atom stereocenters. The average molecular weight is 205 g/mol. The molecule has 0 aromatic heterocycles. The zero-order valence-corrected chi connectivity index (χ0v) is 9.49. The number of rotatable bonds is 5. The highest BCUT2D eigenvalue weighted by Crippen LogP contribution is 2.04. The summed E-state index contributed by atoms with van der Waals surface area (Å²) in [4.78, 5) is 11.1. The van der Waals surface area contributed by atoms with Gasteiger partial charge in [-0.15, -0.1) is 0 Å². The fourth-order valence-corrected chi connectivity index (χ4v) is 1.48. The maximum Gasteiger partial charge on any atom is 0.219 e. The summed E-state index contributed by atoms with van der Waals surface area (Å²) in [5, 5.41) is 2.96. The van der Waals surface area contributed by atoms with Crippen LogP contribution in [0.25, 0.3) is 0 Å². The summed E-state index contributed by atoms with van der Waals surface area (Å²) in [5.41, 5.74) is 1.33. The van der Waals surface area contributed by atoms with Crippen LogP contribution in [0.15, 0.2) is 30.3 Å². The Morgan fingerprint density at radius 3 is 2.60 bits per heavy atom. The van der Waals surface area contributed by atoms with E-state index >= 15 is 0 Å². The topological polar surface area (TPSA) is 29.1 Å². The molecule has 1 aromatic carbocycles. The van der Waals surface area contributed by atoms with E-state index in [-0.39, 0.29) is 11.9 Å². The van der Waals surface area contributed by atoms with Crippen LogP contribution in [0.3, 0.4) is 0 Å². The Morgan fingerprint density at radius 1 is 1.33 bits per heavy atom. The van der Waals surface area contributed by atoms with Gasteiger partial charge in [-0.25, -0.2) is 0 Å². The Labute approximate surface area is 91.7 Å². The summed E-state index contributed by atoms with van der Waals surface area (Å²) in [5.74, 6) is 0.135. The maximum absolute atomic E-state index is 11.1. The molecule has 0 fully saturated rings. The molecule has 15 heavy (non-hydrogen) atoms. The average Bonchev–Trinajstić information content (AvgIpc) is 2.27. The van der Waals surface area contributed by atoms with Gasteiger partial charge in [0, 0.05) is 12.5 Å². The van der Waals surface area contributed by atoms with E-state index in [0.717, 1.165) is 12.8 Å². The van der Waals surface area contributed by atoms with Gasteiger partial charge >= 0.3 is 0 Å². The number of aryl methyl sites for hydroxylation is 1. The minimum Gasteiger partial charge on any atom is -0.354 e. The first kappa shape index (κ1) is 11.8. The highest BCUT2D eigenvalue weighted by atomic mass is 16.1.